The summed E-state index contributed by atoms with van der Waals surface area (Å²) in [6.45, 7) is 10.6. The molecular formula is C13H21BrN2O2. The van der Waals surface area contributed by atoms with Gasteiger partial charge in [0.25, 0.3) is 0 Å². The van der Waals surface area contributed by atoms with Crippen molar-refractivity contribution in [2.75, 3.05) is 0 Å². The number of aromatic nitrogens is 2. The fourth-order valence-electron chi connectivity index (χ4n) is 2.02. The molecule has 0 aliphatic rings. The van der Waals surface area contributed by atoms with Crippen LogP contribution in [-0.2, 0) is 17.8 Å². The van der Waals surface area contributed by atoms with Gasteiger partial charge in [-0.1, -0.05) is 20.8 Å². The topological polar surface area (TPSA) is 55.1 Å². The van der Waals surface area contributed by atoms with Crippen LogP contribution >= 0.6 is 15.9 Å². The second-order valence-corrected chi connectivity index (χ2v) is 6.42. The van der Waals surface area contributed by atoms with Gasteiger partial charge in [-0.25, -0.2) is 0 Å². The molecule has 0 aliphatic heterocycles. The molecule has 0 aromatic carbocycles. The van der Waals surface area contributed by atoms with Crippen LogP contribution in [0.1, 0.15) is 39.1 Å². The molecule has 0 fully saturated rings. The van der Waals surface area contributed by atoms with Crippen LogP contribution < -0.4 is 0 Å². The second kappa shape index (κ2) is 5.43. The lowest BCUT2D eigenvalue weighted by Gasteiger charge is -2.27. The van der Waals surface area contributed by atoms with Crippen molar-refractivity contribution in [1.82, 2.24) is 9.78 Å². The number of rotatable bonds is 4. The van der Waals surface area contributed by atoms with Gasteiger partial charge in [0.15, 0.2) is 0 Å². The maximum absolute atomic E-state index is 11.4. The molecule has 0 amide bonds. The number of nitrogens with zero attached hydrogens (tertiary/aromatic N) is 2. The van der Waals surface area contributed by atoms with Gasteiger partial charge in [-0.05, 0) is 35.2 Å². The first-order chi connectivity index (χ1) is 8.18. The van der Waals surface area contributed by atoms with Crippen molar-refractivity contribution in [1.29, 1.82) is 0 Å². The van der Waals surface area contributed by atoms with Crippen LogP contribution in [0.4, 0.5) is 0 Å². The molecular weight excluding hydrogens is 296 g/mol. The first kappa shape index (κ1) is 15.2. The number of aryl methyl sites for hydroxylation is 2. The summed E-state index contributed by atoms with van der Waals surface area (Å²) in [6.07, 6.45) is 0.494. The monoisotopic (exact) mass is 316 g/mol. The average molecular weight is 317 g/mol. The molecule has 0 bridgehead atoms. The summed E-state index contributed by atoms with van der Waals surface area (Å²) in [5.41, 5.74) is 1.60. The molecule has 4 nitrogen and oxygen atoms in total. The normalized spacial score (nSPS) is 13.7. The fourth-order valence-corrected chi connectivity index (χ4v) is 2.47. The molecule has 1 N–H and O–H groups in total. The van der Waals surface area contributed by atoms with Crippen molar-refractivity contribution in [3.8, 4) is 0 Å². The number of halogens is 1. The van der Waals surface area contributed by atoms with Crippen molar-refractivity contribution in [2.45, 2.75) is 47.6 Å². The van der Waals surface area contributed by atoms with Crippen LogP contribution in [0, 0.1) is 18.3 Å². The third kappa shape index (κ3) is 3.13. The predicted molar refractivity (Wildman–Crippen MR) is 74.6 cm³/mol. The number of aliphatic carboxylic acids is 1. The van der Waals surface area contributed by atoms with Crippen LogP contribution in [0.25, 0.3) is 0 Å². The van der Waals surface area contributed by atoms with E-state index in [1.165, 1.54) is 0 Å². The molecule has 1 rings (SSSR count). The van der Waals surface area contributed by atoms with E-state index in [0.29, 0.717) is 6.42 Å². The van der Waals surface area contributed by atoms with Gasteiger partial charge < -0.3 is 5.11 Å². The number of hydrogen-bond donors (Lipinski definition) is 1. The van der Waals surface area contributed by atoms with Crippen LogP contribution in [0.15, 0.2) is 4.47 Å². The Hall–Kier alpha value is -0.840. The third-order valence-corrected chi connectivity index (χ3v) is 4.23. The van der Waals surface area contributed by atoms with Gasteiger partial charge in [-0.15, -0.1) is 0 Å². The van der Waals surface area contributed by atoms with Crippen LogP contribution in [0.3, 0.4) is 0 Å². The molecule has 0 spiro atoms. The minimum atomic E-state index is -0.754. The van der Waals surface area contributed by atoms with E-state index in [9.17, 15) is 9.90 Å². The minimum Gasteiger partial charge on any atom is -0.481 e. The van der Waals surface area contributed by atoms with E-state index in [-0.39, 0.29) is 5.41 Å². The smallest absolute Gasteiger partial charge is 0.307 e. The number of hydrogen-bond acceptors (Lipinski definition) is 2. The Kier molecular flexibility index (Phi) is 4.59. The van der Waals surface area contributed by atoms with Crippen LogP contribution in [-0.4, -0.2) is 20.9 Å². The van der Waals surface area contributed by atoms with Gasteiger partial charge in [-0.3, -0.25) is 9.48 Å². The Balaban J connectivity index is 3.12. The molecule has 0 radical (unpaired) electrons. The zero-order valence-corrected chi connectivity index (χ0v) is 13.2. The molecule has 1 aromatic heterocycles. The first-order valence-electron chi connectivity index (χ1n) is 6.13. The summed E-state index contributed by atoms with van der Waals surface area (Å²) in [5, 5.41) is 13.8. The van der Waals surface area contributed by atoms with E-state index in [4.69, 9.17) is 0 Å². The zero-order valence-electron chi connectivity index (χ0n) is 11.6. The standard InChI is InChI=1S/C13H21BrN2O2/c1-6-16-10(11(14)8(2)15-16)7-9(12(17)18)13(3,4)5/h9H,6-7H2,1-5H3,(H,17,18). The molecule has 1 aromatic rings. The molecule has 1 atom stereocenters. The number of carboxylic acid groups (broad SMARTS) is 1. The SMILES string of the molecule is CCn1nc(C)c(Br)c1CC(C(=O)O)C(C)(C)C. The van der Waals surface area contributed by atoms with Crippen LogP contribution in [0.2, 0.25) is 0 Å². The van der Waals surface area contributed by atoms with Gasteiger partial charge >= 0.3 is 5.97 Å². The molecule has 0 aliphatic carbocycles. The van der Waals surface area contributed by atoms with E-state index in [2.05, 4.69) is 21.0 Å². The molecule has 1 unspecified atom stereocenters. The summed E-state index contributed by atoms with van der Waals surface area (Å²) < 4.78 is 2.81. The summed E-state index contributed by atoms with van der Waals surface area (Å²) in [7, 11) is 0. The number of carbonyl (C=O) groups is 1. The zero-order chi connectivity index (χ0) is 14.1. The van der Waals surface area contributed by atoms with E-state index >= 15 is 0 Å². The maximum atomic E-state index is 11.4. The Bertz CT molecular complexity index is 447. The van der Waals surface area contributed by atoms with Gasteiger partial charge in [0.2, 0.25) is 0 Å². The fraction of sp³-hybridized carbons (Fsp3) is 0.692. The average Bonchev–Trinajstić information content (AvgIpc) is 2.50. The lowest BCUT2D eigenvalue weighted by molar-refractivity contribution is -0.145. The largest absolute Gasteiger partial charge is 0.481 e. The van der Waals surface area contributed by atoms with E-state index in [1.807, 2.05) is 39.3 Å². The molecule has 18 heavy (non-hydrogen) atoms. The van der Waals surface area contributed by atoms with Crippen molar-refractivity contribution < 1.29 is 9.90 Å². The molecule has 0 saturated heterocycles. The highest BCUT2D eigenvalue weighted by atomic mass is 79.9. The van der Waals surface area contributed by atoms with Crippen molar-refractivity contribution in [3.63, 3.8) is 0 Å². The lowest BCUT2D eigenvalue weighted by atomic mass is 9.78. The molecule has 0 saturated carbocycles. The van der Waals surface area contributed by atoms with E-state index in [0.717, 1.165) is 22.4 Å². The van der Waals surface area contributed by atoms with Crippen molar-refractivity contribution in [2.24, 2.45) is 11.3 Å². The Morgan fingerprint density at radius 1 is 1.50 bits per heavy atom. The lowest BCUT2D eigenvalue weighted by Crippen LogP contribution is -2.31. The van der Waals surface area contributed by atoms with Crippen molar-refractivity contribution >= 4 is 21.9 Å². The van der Waals surface area contributed by atoms with Crippen LogP contribution in [0.5, 0.6) is 0 Å². The highest BCUT2D eigenvalue weighted by Gasteiger charge is 2.33. The second-order valence-electron chi connectivity index (χ2n) is 5.62. The van der Waals surface area contributed by atoms with E-state index in [1.54, 1.807) is 0 Å². The third-order valence-electron chi connectivity index (χ3n) is 3.19. The number of carboxylic acids is 1. The molecule has 102 valence electrons. The first-order valence-corrected chi connectivity index (χ1v) is 6.92. The molecule has 1 heterocycles. The predicted octanol–water partition coefficient (Wildman–Crippen LogP) is 3.26. The van der Waals surface area contributed by atoms with E-state index < -0.39 is 11.9 Å². The Labute approximate surface area is 117 Å². The summed E-state index contributed by atoms with van der Waals surface area (Å²) in [6, 6.07) is 0. The highest BCUT2D eigenvalue weighted by molar-refractivity contribution is 9.10. The van der Waals surface area contributed by atoms with Crippen molar-refractivity contribution in [3.05, 3.63) is 15.9 Å². The summed E-state index contributed by atoms with van der Waals surface area (Å²) in [5.74, 6) is -1.17. The van der Waals surface area contributed by atoms with Gasteiger partial charge in [0.1, 0.15) is 0 Å². The summed E-state index contributed by atoms with van der Waals surface area (Å²) in [4.78, 5) is 11.4. The van der Waals surface area contributed by atoms with Gasteiger partial charge in [0.05, 0.1) is 21.8 Å². The summed E-state index contributed by atoms with van der Waals surface area (Å²) >= 11 is 3.51. The van der Waals surface area contributed by atoms with Gasteiger partial charge in [0, 0.05) is 13.0 Å². The Morgan fingerprint density at radius 3 is 2.44 bits per heavy atom. The highest BCUT2D eigenvalue weighted by Crippen LogP contribution is 2.32. The molecule has 5 heteroatoms. The quantitative estimate of drug-likeness (QED) is 0.927. The van der Waals surface area contributed by atoms with Gasteiger partial charge in [-0.2, -0.15) is 5.10 Å². The minimum absolute atomic E-state index is 0.276. The maximum Gasteiger partial charge on any atom is 0.307 e. The Morgan fingerprint density at radius 2 is 2.06 bits per heavy atom.